The first-order chi connectivity index (χ1) is 11.1. The lowest BCUT2D eigenvalue weighted by Crippen LogP contribution is -2.54. The number of benzene rings is 1. The third-order valence-electron chi connectivity index (χ3n) is 6.31. The van der Waals surface area contributed by atoms with Crippen LogP contribution >= 0.6 is 0 Å². The van der Waals surface area contributed by atoms with Crippen LogP contribution in [0.25, 0.3) is 0 Å². The molecule has 4 heteroatoms. The molecule has 2 bridgehead atoms. The molecule has 1 amide bonds. The zero-order valence-corrected chi connectivity index (χ0v) is 13.9. The number of nitrogens with two attached hydrogens (primary N) is 1. The fourth-order valence-electron chi connectivity index (χ4n) is 5.00. The predicted octanol–water partition coefficient (Wildman–Crippen LogP) is 2.02. The van der Waals surface area contributed by atoms with Gasteiger partial charge in [-0.05, 0) is 49.7 Å². The smallest absolute Gasteiger partial charge is 0.227 e. The lowest BCUT2D eigenvalue weighted by molar-refractivity contribution is -0.138. The van der Waals surface area contributed by atoms with E-state index in [0.717, 1.165) is 26.2 Å². The van der Waals surface area contributed by atoms with Crippen LogP contribution in [0.3, 0.4) is 0 Å². The maximum atomic E-state index is 12.9. The van der Waals surface area contributed by atoms with Crippen molar-refractivity contribution in [3.05, 3.63) is 29.8 Å². The lowest BCUT2D eigenvalue weighted by atomic mass is 9.84. The summed E-state index contributed by atoms with van der Waals surface area (Å²) in [5.74, 6) is 1.58. The highest BCUT2D eigenvalue weighted by Crippen LogP contribution is 2.48. The summed E-state index contributed by atoms with van der Waals surface area (Å²) < 4.78 is 0. The normalized spacial score (nSPS) is 33.3. The zero-order chi connectivity index (χ0) is 16.0. The minimum absolute atomic E-state index is 0.0961. The molecule has 4 rings (SSSR count). The first-order valence-corrected chi connectivity index (χ1v) is 9.00. The van der Waals surface area contributed by atoms with E-state index in [9.17, 15) is 4.79 Å². The Hall–Kier alpha value is -1.55. The lowest BCUT2D eigenvalue weighted by Gasteiger charge is -2.39. The molecule has 1 saturated heterocycles. The summed E-state index contributed by atoms with van der Waals surface area (Å²) in [5, 5.41) is 0. The van der Waals surface area contributed by atoms with Crippen molar-refractivity contribution in [2.45, 2.75) is 32.2 Å². The first-order valence-electron chi connectivity index (χ1n) is 9.00. The van der Waals surface area contributed by atoms with Crippen molar-refractivity contribution in [3.63, 3.8) is 0 Å². The summed E-state index contributed by atoms with van der Waals surface area (Å²) in [6.45, 7) is 5.65. The van der Waals surface area contributed by atoms with Crippen LogP contribution in [0.5, 0.6) is 0 Å². The van der Waals surface area contributed by atoms with Crippen LogP contribution in [-0.4, -0.2) is 43.0 Å². The summed E-state index contributed by atoms with van der Waals surface area (Å²) >= 11 is 0. The van der Waals surface area contributed by atoms with E-state index in [-0.39, 0.29) is 12.0 Å². The van der Waals surface area contributed by atoms with Crippen LogP contribution in [0, 0.1) is 24.7 Å². The van der Waals surface area contributed by atoms with E-state index in [1.807, 2.05) is 0 Å². The molecular weight excluding hydrogens is 286 g/mol. The van der Waals surface area contributed by atoms with Gasteiger partial charge in [0, 0.05) is 37.9 Å². The molecule has 2 saturated carbocycles. The highest BCUT2D eigenvalue weighted by Gasteiger charge is 2.50. The SMILES string of the molecule is Cc1ccccc1N1CCN(C(=O)C2C3CCC(C3)C2N)CC1. The Bertz CT molecular complexity index is 592. The summed E-state index contributed by atoms with van der Waals surface area (Å²) in [7, 11) is 0. The summed E-state index contributed by atoms with van der Waals surface area (Å²) in [6, 6.07) is 8.61. The van der Waals surface area contributed by atoms with Crippen LogP contribution in [0.15, 0.2) is 24.3 Å². The Kier molecular flexibility index (Phi) is 3.80. The van der Waals surface area contributed by atoms with Crippen molar-refractivity contribution in [1.29, 1.82) is 0 Å². The van der Waals surface area contributed by atoms with Gasteiger partial charge < -0.3 is 15.5 Å². The summed E-state index contributed by atoms with van der Waals surface area (Å²) in [5.41, 5.74) is 8.96. The number of fused-ring (bicyclic) bond motifs is 2. The number of hydrogen-bond donors (Lipinski definition) is 1. The molecule has 0 radical (unpaired) electrons. The molecule has 2 aliphatic carbocycles. The maximum Gasteiger partial charge on any atom is 0.227 e. The van der Waals surface area contributed by atoms with Gasteiger partial charge in [-0.25, -0.2) is 0 Å². The number of carbonyl (C=O) groups is 1. The number of amides is 1. The van der Waals surface area contributed by atoms with Crippen molar-refractivity contribution < 1.29 is 4.79 Å². The second-order valence-corrected chi connectivity index (χ2v) is 7.54. The van der Waals surface area contributed by atoms with E-state index in [4.69, 9.17) is 5.73 Å². The molecule has 3 aliphatic rings. The molecule has 2 N–H and O–H groups in total. The van der Waals surface area contributed by atoms with Crippen molar-refractivity contribution in [2.75, 3.05) is 31.1 Å². The highest BCUT2D eigenvalue weighted by molar-refractivity contribution is 5.81. The molecule has 0 aromatic heterocycles. The monoisotopic (exact) mass is 313 g/mol. The molecule has 0 spiro atoms. The molecule has 3 fully saturated rings. The number of rotatable bonds is 2. The van der Waals surface area contributed by atoms with Crippen molar-refractivity contribution >= 4 is 11.6 Å². The van der Waals surface area contributed by atoms with Crippen LogP contribution in [0.4, 0.5) is 5.69 Å². The van der Waals surface area contributed by atoms with Gasteiger partial charge in [0.15, 0.2) is 0 Å². The quantitative estimate of drug-likeness (QED) is 0.909. The minimum Gasteiger partial charge on any atom is -0.368 e. The second-order valence-electron chi connectivity index (χ2n) is 7.54. The average Bonchev–Trinajstić information content (AvgIpc) is 3.16. The number of para-hydroxylation sites is 1. The number of piperazine rings is 1. The Morgan fingerprint density at radius 3 is 2.43 bits per heavy atom. The van der Waals surface area contributed by atoms with Gasteiger partial charge in [0.1, 0.15) is 0 Å². The van der Waals surface area contributed by atoms with Crippen molar-refractivity contribution in [1.82, 2.24) is 4.90 Å². The minimum atomic E-state index is 0.0961. The fraction of sp³-hybridized carbons (Fsp3) is 0.632. The highest BCUT2D eigenvalue weighted by atomic mass is 16.2. The molecule has 124 valence electrons. The third kappa shape index (κ3) is 2.53. The summed E-state index contributed by atoms with van der Waals surface area (Å²) in [6.07, 6.45) is 3.62. The third-order valence-corrected chi connectivity index (χ3v) is 6.31. The number of hydrogen-bond acceptors (Lipinski definition) is 3. The van der Waals surface area contributed by atoms with Gasteiger partial charge in [-0.15, -0.1) is 0 Å². The Balaban J connectivity index is 1.40. The Morgan fingerprint density at radius 2 is 1.78 bits per heavy atom. The van der Waals surface area contributed by atoms with Gasteiger partial charge in [-0.3, -0.25) is 4.79 Å². The molecule has 1 aliphatic heterocycles. The molecular formula is C19H27N3O. The van der Waals surface area contributed by atoms with Crippen LogP contribution < -0.4 is 10.6 Å². The van der Waals surface area contributed by atoms with E-state index in [1.165, 1.54) is 30.5 Å². The second kappa shape index (κ2) is 5.82. The molecule has 1 aromatic rings. The van der Waals surface area contributed by atoms with Crippen LogP contribution in [-0.2, 0) is 4.79 Å². The predicted molar refractivity (Wildman–Crippen MR) is 92.3 cm³/mol. The topological polar surface area (TPSA) is 49.6 Å². The van der Waals surface area contributed by atoms with E-state index >= 15 is 0 Å². The zero-order valence-electron chi connectivity index (χ0n) is 13.9. The number of anilines is 1. The van der Waals surface area contributed by atoms with E-state index < -0.39 is 0 Å². The standard InChI is InChI=1S/C19H27N3O/c1-13-4-2-3-5-16(13)21-8-10-22(11-9-21)19(23)17-14-6-7-15(12-14)18(17)20/h2-5,14-15,17-18H,6-12,20H2,1H3. The maximum absolute atomic E-state index is 12.9. The van der Waals surface area contributed by atoms with Crippen LogP contribution in [0.1, 0.15) is 24.8 Å². The van der Waals surface area contributed by atoms with Gasteiger partial charge in [0.2, 0.25) is 5.91 Å². The molecule has 23 heavy (non-hydrogen) atoms. The molecule has 4 unspecified atom stereocenters. The fourth-order valence-corrected chi connectivity index (χ4v) is 5.00. The van der Waals surface area contributed by atoms with Gasteiger partial charge in [0.25, 0.3) is 0 Å². The van der Waals surface area contributed by atoms with Crippen molar-refractivity contribution in [3.8, 4) is 0 Å². The largest absolute Gasteiger partial charge is 0.368 e. The Morgan fingerprint density at radius 1 is 1.09 bits per heavy atom. The molecule has 4 nitrogen and oxygen atoms in total. The molecule has 4 atom stereocenters. The Labute approximate surface area is 138 Å². The van der Waals surface area contributed by atoms with Gasteiger partial charge in [0.05, 0.1) is 5.92 Å². The van der Waals surface area contributed by atoms with Crippen molar-refractivity contribution in [2.24, 2.45) is 23.5 Å². The van der Waals surface area contributed by atoms with E-state index in [1.54, 1.807) is 0 Å². The number of nitrogens with zero attached hydrogens (tertiary/aromatic N) is 2. The number of aryl methyl sites for hydroxylation is 1. The van der Waals surface area contributed by atoms with Crippen LogP contribution in [0.2, 0.25) is 0 Å². The van der Waals surface area contributed by atoms with Gasteiger partial charge in [-0.1, -0.05) is 18.2 Å². The summed E-state index contributed by atoms with van der Waals surface area (Å²) in [4.78, 5) is 17.4. The van der Waals surface area contributed by atoms with Gasteiger partial charge >= 0.3 is 0 Å². The average molecular weight is 313 g/mol. The molecule has 1 heterocycles. The molecule has 1 aromatic carbocycles. The number of carbonyl (C=O) groups excluding carboxylic acids is 1. The first kappa shape index (κ1) is 15.0. The van der Waals surface area contributed by atoms with E-state index in [2.05, 4.69) is 41.0 Å². The van der Waals surface area contributed by atoms with E-state index in [0.29, 0.717) is 17.7 Å². The van der Waals surface area contributed by atoms with Gasteiger partial charge in [-0.2, -0.15) is 0 Å².